The molecule has 1 aromatic heterocycles. The smallest absolute Gasteiger partial charge is 0.241 e. The molecule has 0 amide bonds. The van der Waals surface area contributed by atoms with Gasteiger partial charge in [-0.3, -0.25) is 4.68 Å². The first-order chi connectivity index (χ1) is 10.9. The number of nitrogens with zero attached hydrogens (tertiary/aromatic N) is 2. The Hall–Kier alpha value is -1.86. The number of hydrogen-bond acceptors (Lipinski definition) is 4. The lowest BCUT2D eigenvalue weighted by atomic mass is 10.1. The molecule has 0 aliphatic heterocycles. The molecule has 0 radical (unpaired) electrons. The fourth-order valence-corrected chi connectivity index (χ4v) is 4.47. The minimum atomic E-state index is -3.47. The molecule has 1 fully saturated rings. The van der Waals surface area contributed by atoms with E-state index in [0.717, 1.165) is 35.3 Å². The van der Waals surface area contributed by atoms with E-state index >= 15 is 0 Å². The van der Waals surface area contributed by atoms with Crippen molar-refractivity contribution in [2.45, 2.75) is 44.2 Å². The summed E-state index contributed by atoms with van der Waals surface area (Å²) >= 11 is 0. The number of hydrogen-bond donors (Lipinski definition) is 2. The van der Waals surface area contributed by atoms with E-state index in [0.29, 0.717) is 11.4 Å². The van der Waals surface area contributed by atoms with E-state index in [1.165, 1.54) is 0 Å². The highest BCUT2D eigenvalue weighted by atomic mass is 32.2. The molecule has 3 rings (SSSR count). The first-order valence-corrected chi connectivity index (χ1v) is 9.20. The van der Waals surface area contributed by atoms with Crippen LogP contribution in [0.15, 0.2) is 29.3 Å². The standard InChI is InChI=1S/C16H22N4O2S/c1-11-4-7-15(17-10-14-8-9-18-20(14)3)12(2)16(11)23(21,22)19-13-5-6-13/h4,7-9,13,17,19H,5-6,10H2,1-3H3. The van der Waals surface area contributed by atoms with Crippen LogP contribution >= 0.6 is 0 Å². The quantitative estimate of drug-likeness (QED) is 0.848. The third kappa shape index (κ3) is 3.40. The van der Waals surface area contributed by atoms with Crippen molar-refractivity contribution in [2.75, 3.05) is 5.32 Å². The van der Waals surface area contributed by atoms with Gasteiger partial charge < -0.3 is 5.32 Å². The number of nitrogens with one attached hydrogen (secondary N) is 2. The number of aromatic nitrogens is 2. The Balaban J connectivity index is 1.87. The number of sulfonamides is 1. The normalized spacial score (nSPS) is 14.9. The first-order valence-electron chi connectivity index (χ1n) is 7.72. The van der Waals surface area contributed by atoms with E-state index in [2.05, 4.69) is 15.1 Å². The van der Waals surface area contributed by atoms with E-state index in [1.807, 2.05) is 39.1 Å². The molecule has 0 saturated heterocycles. The Morgan fingerprint density at radius 1 is 1.26 bits per heavy atom. The van der Waals surface area contributed by atoms with Crippen molar-refractivity contribution in [3.8, 4) is 0 Å². The molecule has 0 bridgehead atoms. The lowest BCUT2D eigenvalue weighted by Crippen LogP contribution is -2.27. The highest BCUT2D eigenvalue weighted by Crippen LogP contribution is 2.29. The summed E-state index contributed by atoms with van der Waals surface area (Å²) in [4.78, 5) is 0.388. The molecule has 1 saturated carbocycles. The predicted molar refractivity (Wildman–Crippen MR) is 89.8 cm³/mol. The van der Waals surface area contributed by atoms with E-state index in [9.17, 15) is 8.42 Å². The zero-order valence-electron chi connectivity index (χ0n) is 13.6. The molecule has 2 aromatic rings. The Bertz CT molecular complexity index is 823. The average Bonchev–Trinajstić information content (AvgIpc) is 3.17. The Labute approximate surface area is 137 Å². The monoisotopic (exact) mass is 334 g/mol. The minimum Gasteiger partial charge on any atom is -0.379 e. The fraction of sp³-hybridized carbons (Fsp3) is 0.438. The Morgan fingerprint density at radius 3 is 2.61 bits per heavy atom. The fourth-order valence-electron chi connectivity index (χ4n) is 2.67. The zero-order valence-corrected chi connectivity index (χ0v) is 14.4. The van der Waals surface area contributed by atoms with Crippen molar-refractivity contribution in [3.05, 3.63) is 41.2 Å². The van der Waals surface area contributed by atoms with Gasteiger partial charge in [-0.2, -0.15) is 5.10 Å². The van der Waals surface area contributed by atoms with Gasteiger partial charge in [-0.15, -0.1) is 0 Å². The van der Waals surface area contributed by atoms with E-state index in [4.69, 9.17) is 0 Å². The second-order valence-electron chi connectivity index (χ2n) is 6.08. The molecule has 23 heavy (non-hydrogen) atoms. The van der Waals surface area contributed by atoms with Gasteiger partial charge in [0.2, 0.25) is 10.0 Å². The van der Waals surface area contributed by atoms with Crippen LogP contribution in [-0.2, 0) is 23.6 Å². The van der Waals surface area contributed by atoms with Gasteiger partial charge in [0.05, 0.1) is 17.1 Å². The number of rotatable bonds is 6. The number of benzene rings is 1. The maximum Gasteiger partial charge on any atom is 0.241 e. The van der Waals surface area contributed by atoms with Crippen molar-refractivity contribution in [1.82, 2.24) is 14.5 Å². The predicted octanol–water partition coefficient (Wildman–Crippen LogP) is 2.09. The van der Waals surface area contributed by atoms with Gasteiger partial charge in [0.25, 0.3) is 0 Å². The summed E-state index contributed by atoms with van der Waals surface area (Å²) in [7, 11) is -1.59. The first kappa shape index (κ1) is 16.0. The molecule has 7 heteroatoms. The molecule has 1 aliphatic rings. The van der Waals surface area contributed by atoms with Crippen LogP contribution in [0.5, 0.6) is 0 Å². The summed E-state index contributed by atoms with van der Waals surface area (Å²) in [5.41, 5.74) is 3.38. The van der Waals surface area contributed by atoms with Gasteiger partial charge in [-0.1, -0.05) is 6.07 Å². The van der Waals surface area contributed by atoms with Crippen molar-refractivity contribution in [2.24, 2.45) is 7.05 Å². The maximum atomic E-state index is 12.6. The number of aryl methyl sites for hydroxylation is 2. The summed E-state index contributed by atoms with van der Waals surface area (Å²) in [6, 6.07) is 5.81. The molecule has 0 atom stereocenters. The molecule has 0 spiro atoms. The molecule has 2 N–H and O–H groups in total. The largest absolute Gasteiger partial charge is 0.379 e. The highest BCUT2D eigenvalue weighted by molar-refractivity contribution is 7.89. The molecule has 1 aromatic carbocycles. The van der Waals surface area contributed by atoms with Crippen molar-refractivity contribution < 1.29 is 8.42 Å². The van der Waals surface area contributed by atoms with Gasteiger partial charge in [0.1, 0.15) is 0 Å². The van der Waals surface area contributed by atoms with Crippen LogP contribution in [-0.4, -0.2) is 24.2 Å². The van der Waals surface area contributed by atoms with Gasteiger partial charge in [-0.25, -0.2) is 13.1 Å². The second kappa shape index (κ2) is 5.98. The van der Waals surface area contributed by atoms with Crippen LogP contribution in [0.1, 0.15) is 29.7 Å². The summed E-state index contributed by atoms with van der Waals surface area (Å²) in [5, 5.41) is 7.44. The third-order valence-corrected chi connectivity index (χ3v) is 5.96. The van der Waals surface area contributed by atoms with E-state index in [-0.39, 0.29) is 6.04 Å². The van der Waals surface area contributed by atoms with Gasteiger partial charge in [-0.05, 0) is 49.9 Å². The summed E-state index contributed by atoms with van der Waals surface area (Å²) in [5.74, 6) is 0. The molecule has 1 aliphatic carbocycles. The number of anilines is 1. The van der Waals surface area contributed by atoms with Crippen LogP contribution in [0.3, 0.4) is 0 Å². The SMILES string of the molecule is Cc1ccc(NCc2ccnn2C)c(C)c1S(=O)(=O)NC1CC1. The Morgan fingerprint density at radius 2 is 2.00 bits per heavy atom. The maximum absolute atomic E-state index is 12.6. The van der Waals surface area contributed by atoms with E-state index < -0.39 is 10.0 Å². The minimum absolute atomic E-state index is 0.102. The lowest BCUT2D eigenvalue weighted by Gasteiger charge is -2.16. The van der Waals surface area contributed by atoms with Crippen molar-refractivity contribution in [1.29, 1.82) is 0 Å². The van der Waals surface area contributed by atoms with Gasteiger partial charge in [0.15, 0.2) is 0 Å². The molecular formula is C16H22N4O2S. The molecule has 6 nitrogen and oxygen atoms in total. The highest BCUT2D eigenvalue weighted by Gasteiger charge is 2.30. The Kier molecular flexibility index (Phi) is 4.16. The van der Waals surface area contributed by atoms with Crippen LogP contribution < -0.4 is 10.0 Å². The summed E-state index contributed by atoms with van der Waals surface area (Å²) in [6.07, 6.45) is 3.60. The molecule has 0 unspecified atom stereocenters. The molecule has 1 heterocycles. The lowest BCUT2D eigenvalue weighted by molar-refractivity contribution is 0.580. The van der Waals surface area contributed by atoms with Gasteiger partial charge in [0, 0.05) is 25.0 Å². The second-order valence-corrected chi connectivity index (χ2v) is 7.73. The topological polar surface area (TPSA) is 76.0 Å². The van der Waals surface area contributed by atoms with Crippen LogP contribution in [0.4, 0.5) is 5.69 Å². The van der Waals surface area contributed by atoms with Gasteiger partial charge >= 0.3 is 0 Å². The summed E-state index contributed by atoms with van der Waals surface area (Å²) in [6.45, 7) is 4.27. The zero-order chi connectivity index (χ0) is 16.6. The van der Waals surface area contributed by atoms with Crippen LogP contribution in [0.2, 0.25) is 0 Å². The molecular weight excluding hydrogens is 312 g/mol. The van der Waals surface area contributed by atoms with Crippen LogP contribution in [0.25, 0.3) is 0 Å². The molecule has 124 valence electrons. The van der Waals surface area contributed by atoms with Crippen molar-refractivity contribution >= 4 is 15.7 Å². The summed E-state index contributed by atoms with van der Waals surface area (Å²) < 4.78 is 29.8. The average molecular weight is 334 g/mol. The van der Waals surface area contributed by atoms with Crippen LogP contribution in [0, 0.1) is 13.8 Å². The van der Waals surface area contributed by atoms with E-state index in [1.54, 1.807) is 10.9 Å². The third-order valence-electron chi connectivity index (χ3n) is 4.15. The van der Waals surface area contributed by atoms with Crippen molar-refractivity contribution in [3.63, 3.8) is 0 Å².